The van der Waals surface area contributed by atoms with Gasteiger partial charge in [0, 0.05) is 10.5 Å². The van der Waals surface area contributed by atoms with Gasteiger partial charge in [-0.25, -0.2) is 0 Å². The zero-order valence-corrected chi connectivity index (χ0v) is 14.1. The maximum absolute atomic E-state index is 11.7. The highest BCUT2D eigenvalue weighted by atomic mass is 79.9. The number of amides is 1. The first kappa shape index (κ1) is 17.5. The fourth-order valence-corrected chi connectivity index (χ4v) is 2.53. The SMILES string of the molecule is CC(Cc1ccccc1Br)NC(=O)CNCC1CC1.Cl. The van der Waals surface area contributed by atoms with Crippen molar-refractivity contribution >= 4 is 34.2 Å². The molecule has 0 aliphatic heterocycles. The average molecular weight is 362 g/mol. The van der Waals surface area contributed by atoms with E-state index in [9.17, 15) is 4.79 Å². The number of carbonyl (C=O) groups is 1. The fourth-order valence-electron chi connectivity index (χ4n) is 2.08. The molecule has 1 saturated carbocycles. The quantitative estimate of drug-likeness (QED) is 0.784. The van der Waals surface area contributed by atoms with Crippen molar-refractivity contribution in [2.24, 2.45) is 5.92 Å². The van der Waals surface area contributed by atoms with Crippen LogP contribution in [0.25, 0.3) is 0 Å². The van der Waals surface area contributed by atoms with E-state index in [0.717, 1.165) is 23.4 Å². The lowest BCUT2D eigenvalue weighted by Gasteiger charge is -2.15. The van der Waals surface area contributed by atoms with E-state index < -0.39 is 0 Å². The van der Waals surface area contributed by atoms with Crippen molar-refractivity contribution in [3.05, 3.63) is 34.3 Å². The Labute approximate surface area is 135 Å². The van der Waals surface area contributed by atoms with Crippen molar-refractivity contribution < 1.29 is 4.79 Å². The minimum absolute atomic E-state index is 0. The molecule has 1 amide bonds. The van der Waals surface area contributed by atoms with Gasteiger partial charge in [0.1, 0.15) is 0 Å². The van der Waals surface area contributed by atoms with Crippen LogP contribution in [0.3, 0.4) is 0 Å². The third-order valence-electron chi connectivity index (χ3n) is 3.31. The lowest BCUT2D eigenvalue weighted by Crippen LogP contribution is -2.40. The van der Waals surface area contributed by atoms with Gasteiger partial charge in [-0.2, -0.15) is 0 Å². The molecule has 0 radical (unpaired) electrons. The topological polar surface area (TPSA) is 41.1 Å². The zero-order chi connectivity index (χ0) is 13.7. The zero-order valence-electron chi connectivity index (χ0n) is 11.7. The summed E-state index contributed by atoms with van der Waals surface area (Å²) in [6.45, 7) is 3.45. The second-order valence-corrected chi connectivity index (χ2v) is 6.19. The van der Waals surface area contributed by atoms with Crippen molar-refractivity contribution in [1.29, 1.82) is 0 Å². The fraction of sp³-hybridized carbons (Fsp3) is 0.533. The van der Waals surface area contributed by atoms with Crippen LogP contribution in [0.2, 0.25) is 0 Å². The van der Waals surface area contributed by atoms with Gasteiger partial charge < -0.3 is 10.6 Å². The van der Waals surface area contributed by atoms with Gasteiger partial charge in [0.25, 0.3) is 0 Å². The van der Waals surface area contributed by atoms with Crippen LogP contribution in [0.15, 0.2) is 28.7 Å². The summed E-state index contributed by atoms with van der Waals surface area (Å²) in [6.07, 6.45) is 3.47. The first-order valence-electron chi connectivity index (χ1n) is 6.88. The van der Waals surface area contributed by atoms with E-state index in [0.29, 0.717) is 6.54 Å². The van der Waals surface area contributed by atoms with Crippen LogP contribution in [0.4, 0.5) is 0 Å². The van der Waals surface area contributed by atoms with Crippen LogP contribution in [0.1, 0.15) is 25.3 Å². The summed E-state index contributed by atoms with van der Waals surface area (Å²) in [6, 6.07) is 8.28. The number of hydrogen-bond donors (Lipinski definition) is 2. The van der Waals surface area contributed by atoms with Gasteiger partial charge >= 0.3 is 0 Å². The second kappa shape index (κ2) is 8.65. The summed E-state index contributed by atoms with van der Waals surface area (Å²) in [7, 11) is 0. The lowest BCUT2D eigenvalue weighted by atomic mass is 10.1. The summed E-state index contributed by atoms with van der Waals surface area (Å²) in [5.74, 6) is 0.894. The van der Waals surface area contributed by atoms with Gasteiger partial charge in [-0.1, -0.05) is 34.1 Å². The summed E-state index contributed by atoms with van der Waals surface area (Å²) in [4.78, 5) is 11.7. The van der Waals surface area contributed by atoms with E-state index in [1.807, 2.05) is 25.1 Å². The van der Waals surface area contributed by atoms with E-state index >= 15 is 0 Å². The van der Waals surface area contributed by atoms with Crippen molar-refractivity contribution in [2.75, 3.05) is 13.1 Å². The molecule has 2 rings (SSSR count). The number of nitrogens with one attached hydrogen (secondary N) is 2. The van der Waals surface area contributed by atoms with Crippen LogP contribution < -0.4 is 10.6 Å². The predicted octanol–water partition coefficient (Wildman–Crippen LogP) is 2.92. The summed E-state index contributed by atoms with van der Waals surface area (Å²) >= 11 is 3.53. The summed E-state index contributed by atoms with van der Waals surface area (Å²) < 4.78 is 1.10. The summed E-state index contributed by atoms with van der Waals surface area (Å²) in [5, 5.41) is 6.23. The molecule has 1 aromatic carbocycles. The largest absolute Gasteiger partial charge is 0.352 e. The van der Waals surface area contributed by atoms with Crippen LogP contribution in [0.5, 0.6) is 0 Å². The molecule has 2 N–H and O–H groups in total. The van der Waals surface area contributed by atoms with Gasteiger partial charge in [0.2, 0.25) is 5.91 Å². The molecule has 112 valence electrons. The van der Waals surface area contributed by atoms with E-state index in [1.165, 1.54) is 18.4 Å². The lowest BCUT2D eigenvalue weighted by molar-refractivity contribution is -0.120. The predicted molar refractivity (Wildman–Crippen MR) is 88.3 cm³/mol. The molecule has 1 fully saturated rings. The third-order valence-corrected chi connectivity index (χ3v) is 4.08. The smallest absolute Gasteiger partial charge is 0.234 e. The highest BCUT2D eigenvalue weighted by Gasteiger charge is 2.20. The van der Waals surface area contributed by atoms with Gasteiger partial charge in [0.05, 0.1) is 6.54 Å². The molecule has 1 unspecified atom stereocenters. The standard InChI is InChI=1S/C15H21BrN2O.ClH/c1-11(8-13-4-2-3-5-14(13)16)18-15(19)10-17-9-12-6-7-12;/h2-5,11-12,17H,6-10H2,1H3,(H,18,19);1H. The normalized spacial score (nSPS) is 15.3. The van der Waals surface area contributed by atoms with Crippen LogP contribution >= 0.6 is 28.3 Å². The van der Waals surface area contributed by atoms with Crippen molar-refractivity contribution in [3.63, 3.8) is 0 Å². The van der Waals surface area contributed by atoms with E-state index in [4.69, 9.17) is 0 Å². The molecule has 0 saturated heterocycles. The van der Waals surface area contributed by atoms with Crippen LogP contribution in [0, 0.1) is 5.92 Å². The average Bonchev–Trinajstić information content (AvgIpc) is 3.16. The number of benzene rings is 1. The molecule has 0 bridgehead atoms. The molecule has 5 heteroatoms. The van der Waals surface area contributed by atoms with Gasteiger partial charge in [-0.05, 0) is 50.3 Å². The molecule has 1 aliphatic rings. The molecule has 1 aliphatic carbocycles. The maximum Gasteiger partial charge on any atom is 0.234 e. The number of rotatable bonds is 7. The van der Waals surface area contributed by atoms with Gasteiger partial charge in [0.15, 0.2) is 0 Å². The van der Waals surface area contributed by atoms with Gasteiger partial charge in [-0.3, -0.25) is 4.79 Å². The first-order valence-corrected chi connectivity index (χ1v) is 7.68. The molecule has 1 atom stereocenters. The molecule has 20 heavy (non-hydrogen) atoms. The minimum atomic E-state index is 0. The highest BCUT2D eigenvalue weighted by molar-refractivity contribution is 9.10. The Morgan fingerprint density at radius 2 is 2.10 bits per heavy atom. The Morgan fingerprint density at radius 1 is 1.40 bits per heavy atom. The van der Waals surface area contributed by atoms with Crippen LogP contribution in [-0.4, -0.2) is 25.0 Å². The number of halogens is 2. The Hall–Kier alpha value is -0.580. The van der Waals surface area contributed by atoms with E-state index in [1.54, 1.807) is 0 Å². The Balaban J connectivity index is 0.00000200. The Bertz CT molecular complexity index is 438. The first-order chi connectivity index (χ1) is 9.15. The molecule has 1 aromatic rings. The van der Waals surface area contributed by atoms with Crippen LogP contribution in [-0.2, 0) is 11.2 Å². The molecule has 0 spiro atoms. The second-order valence-electron chi connectivity index (χ2n) is 5.34. The minimum Gasteiger partial charge on any atom is -0.352 e. The van der Waals surface area contributed by atoms with Gasteiger partial charge in [-0.15, -0.1) is 12.4 Å². The molecular weight excluding hydrogens is 340 g/mol. The molecule has 0 heterocycles. The Morgan fingerprint density at radius 3 is 2.75 bits per heavy atom. The molecule has 0 aromatic heterocycles. The van der Waals surface area contributed by atoms with Crippen molar-refractivity contribution in [1.82, 2.24) is 10.6 Å². The highest BCUT2D eigenvalue weighted by Crippen LogP contribution is 2.27. The van der Waals surface area contributed by atoms with E-state index in [2.05, 4.69) is 32.6 Å². The summed E-state index contributed by atoms with van der Waals surface area (Å²) in [5.41, 5.74) is 1.22. The van der Waals surface area contributed by atoms with Crippen molar-refractivity contribution in [2.45, 2.75) is 32.2 Å². The van der Waals surface area contributed by atoms with E-state index in [-0.39, 0.29) is 24.4 Å². The maximum atomic E-state index is 11.7. The Kier molecular flexibility index (Phi) is 7.56. The molecular formula is C15H22BrClN2O. The number of carbonyl (C=O) groups excluding carboxylic acids is 1. The monoisotopic (exact) mass is 360 g/mol. The third kappa shape index (κ3) is 6.25. The molecule has 3 nitrogen and oxygen atoms in total. The van der Waals surface area contributed by atoms with Crippen molar-refractivity contribution in [3.8, 4) is 0 Å². The number of hydrogen-bond acceptors (Lipinski definition) is 2.